The molecule has 0 saturated carbocycles. The quantitative estimate of drug-likeness (QED) is 0.742. The van der Waals surface area contributed by atoms with Crippen LogP contribution in [0, 0.1) is 0 Å². The number of aromatic amines is 1. The van der Waals surface area contributed by atoms with E-state index in [-0.39, 0.29) is 0 Å². The molecule has 0 aliphatic carbocycles. The number of nitrogens with zero attached hydrogens (tertiary/aromatic N) is 1. The maximum Gasteiger partial charge on any atom is 0.231 e. The van der Waals surface area contributed by atoms with Crippen LogP contribution in [0.4, 0.5) is 0 Å². The maximum absolute atomic E-state index is 5.28. The van der Waals surface area contributed by atoms with E-state index in [0.717, 1.165) is 22.8 Å². The SMILES string of the molecule is c1cc(-c2ccc3c(c2)OCO3)n[nH]1. The molecular formula is C10H8N2O2. The van der Waals surface area contributed by atoms with E-state index in [1.54, 1.807) is 6.20 Å². The first-order valence-electron chi connectivity index (χ1n) is 4.33. The van der Waals surface area contributed by atoms with Gasteiger partial charge < -0.3 is 9.47 Å². The summed E-state index contributed by atoms with van der Waals surface area (Å²) in [5.74, 6) is 1.58. The fraction of sp³-hybridized carbons (Fsp3) is 0.100. The van der Waals surface area contributed by atoms with Crippen LogP contribution in [0.25, 0.3) is 11.3 Å². The number of hydrogen-bond acceptors (Lipinski definition) is 3. The van der Waals surface area contributed by atoms with Crippen LogP contribution >= 0.6 is 0 Å². The van der Waals surface area contributed by atoms with Gasteiger partial charge in [-0.05, 0) is 24.3 Å². The number of benzene rings is 1. The Balaban J connectivity index is 2.09. The van der Waals surface area contributed by atoms with Crippen LogP contribution in [-0.4, -0.2) is 17.0 Å². The van der Waals surface area contributed by atoms with Crippen LogP contribution in [0.2, 0.25) is 0 Å². The van der Waals surface area contributed by atoms with E-state index in [1.807, 2.05) is 24.3 Å². The van der Waals surface area contributed by atoms with Crippen molar-refractivity contribution in [1.29, 1.82) is 0 Å². The molecule has 1 aliphatic heterocycles. The van der Waals surface area contributed by atoms with Crippen molar-refractivity contribution in [2.75, 3.05) is 6.79 Å². The molecule has 1 aromatic heterocycles. The summed E-state index contributed by atoms with van der Waals surface area (Å²) >= 11 is 0. The zero-order valence-corrected chi connectivity index (χ0v) is 7.36. The van der Waals surface area contributed by atoms with Gasteiger partial charge in [-0.3, -0.25) is 5.10 Å². The molecule has 0 unspecified atom stereocenters. The summed E-state index contributed by atoms with van der Waals surface area (Å²) < 4.78 is 10.5. The van der Waals surface area contributed by atoms with E-state index >= 15 is 0 Å². The zero-order chi connectivity index (χ0) is 9.38. The Morgan fingerprint density at radius 1 is 1.14 bits per heavy atom. The molecule has 0 radical (unpaired) electrons. The van der Waals surface area contributed by atoms with Gasteiger partial charge in [-0.15, -0.1) is 0 Å². The Bertz CT molecular complexity index is 451. The van der Waals surface area contributed by atoms with Crippen LogP contribution in [0.5, 0.6) is 11.5 Å². The molecule has 1 aromatic carbocycles. The Kier molecular flexibility index (Phi) is 1.47. The molecule has 0 fully saturated rings. The largest absolute Gasteiger partial charge is 0.454 e. The highest BCUT2D eigenvalue weighted by molar-refractivity contribution is 5.63. The molecule has 14 heavy (non-hydrogen) atoms. The Hall–Kier alpha value is -1.97. The lowest BCUT2D eigenvalue weighted by Crippen LogP contribution is -1.92. The number of fused-ring (bicyclic) bond motifs is 1. The zero-order valence-electron chi connectivity index (χ0n) is 7.36. The van der Waals surface area contributed by atoms with Crippen LogP contribution in [0.1, 0.15) is 0 Å². The van der Waals surface area contributed by atoms with Crippen molar-refractivity contribution in [2.45, 2.75) is 0 Å². The molecule has 0 spiro atoms. The third-order valence-corrected chi connectivity index (χ3v) is 2.17. The molecule has 4 heteroatoms. The second-order valence-electron chi connectivity index (χ2n) is 3.03. The second kappa shape index (κ2) is 2.77. The molecule has 0 saturated heterocycles. The lowest BCUT2D eigenvalue weighted by molar-refractivity contribution is 0.174. The van der Waals surface area contributed by atoms with E-state index in [2.05, 4.69) is 10.2 Å². The second-order valence-corrected chi connectivity index (χ2v) is 3.03. The van der Waals surface area contributed by atoms with Crippen molar-refractivity contribution in [3.8, 4) is 22.8 Å². The van der Waals surface area contributed by atoms with Gasteiger partial charge in [0.25, 0.3) is 0 Å². The van der Waals surface area contributed by atoms with Gasteiger partial charge in [-0.2, -0.15) is 5.10 Å². The smallest absolute Gasteiger partial charge is 0.231 e. The van der Waals surface area contributed by atoms with Gasteiger partial charge in [-0.1, -0.05) is 0 Å². The molecular weight excluding hydrogens is 180 g/mol. The molecule has 0 atom stereocenters. The van der Waals surface area contributed by atoms with Crippen molar-refractivity contribution < 1.29 is 9.47 Å². The third-order valence-electron chi connectivity index (χ3n) is 2.17. The molecule has 3 rings (SSSR count). The number of hydrogen-bond donors (Lipinski definition) is 1. The number of H-pyrrole nitrogens is 1. The lowest BCUT2D eigenvalue weighted by Gasteiger charge is -1.98. The summed E-state index contributed by atoms with van der Waals surface area (Å²) in [5.41, 5.74) is 1.93. The van der Waals surface area contributed by atoms with E-state index in [0.29, 0.717) is 6.79 Å². The summed E-state index contributed by atoms with van der Waals surface area (Å²) in [5, 5.41) is 6.86. The van der Waals surface area contributed by atoms with E-state index in [4.69, 9.17) is 9.47 Å². The van der Waals surface area contributed by atoms with Gasteiger partial charge in [0.15, 0.2) is 11.5 Å². The first-order chi connectivity index (χ1) is 6.93. The van der Waals surface area contributed by atoms with Gasteiger partial charge in [0, 0.05) is 11.8 Å². The molecule has 2 aromatic rings. The topological polar surface area (TPSA) is 47.1 Å². The van der Waals surface area contributed by atoms with E-state index < -0.39 is 0 Å². The predicted octanol–water partition coefficient (Wildman–Crippen LogP) is 1.81. The average Bonchev–Trinajstić information content (AvgIpc) is 2.88. The molecule has 1 N–H and O–H groups in total. The number of nitrogens with one attached hydrogen (secondary N) is 1. The summed E-state index contributed by atoms with van der Waals surface area (Å²) in [6.07, 6.45) is 1.79. The normalized spacial score (nSPS) is 13.1. The number of aromatic nitrogens is 2. The minimum atomic E-state index is 0.305. The molecule has 70 valence electrons. The Morgan fingerprint density at radius 3 is 2.93 bits per heavy atom. The molecule has 4 nitrogen and oxygen atoms in total. The summed E-state index contributed by atoms with van der Waals surface area (Å²) in [7, 11) is 0. The van der Waals surface area contributed by atoms with Crippen molar-refractivity contribution >= 4 is 0 Å². The monoisotopic (exact) mass is 188 g/mol. The summed E-state index contributed by atoms with van der Waals surface area (Å²) in [4.78, 5) is 0. The molecule has 2 heterocycles. The maximum atomic E-state index is 5.28. The van der Waals surface area contributed by atoms with Crippen LogP contribution < -0.4 is 9.47 Å². The highest BCUT2D eigenvalue weighted by atomic mass is 16.7. The van der Waals surface area contributed by atoms with Gasteiger partial charge in [0.05, 0.1) is 5.69 Å². The van der Waals surface area contributed by atoms with Crippen molar-refractivity contribution in [2.24, 2.45) is 0 Å². The van der Waals surface area contributed by atoms with Gasteiger partial charge >= 0.3 is 0 Å². The fourth-order valence-corrected chi connectivity index (χ4v) is 1.48. The van der Waals surface area contributed by atoms with Crippen molar-refractivity contribution in [3.05, 3.63) is 30.5 Å². The van der Waals surface area contributed by atoms with Crippen LogP contribution in [0.15, 0.2) is 30.5 Å². The molecule has 0 bridgehead atoms. The average molecular weight is 188 g/mol. The highest BCUT2D eigenvalue weighted by Crippen LogP contribution is 2.35. The predicted molar refractivity (Wildman–Crippen MR) is 50.1 cm³/mol. The summed E-state index contributed by atoms with van der Waals surface area (Å²) in [6.45, 7) is 0.305. The Labute approximate surface area is 80.5 Å². The highest BCUT2D eigenvalue weighted by Gasteiger charge is 2.14. The first-order valence-corrected chi connectivity index (χ1v) is 4.33. The van der Waals surface area contributed by atoms with Gasteiger partial charge in [0.1, 0.15) is 0 Å². The third kappa shape index (κ3) is 1.04. The number of rotatable bonds is 1. The van der Waals surface area contributed by atoms with Gasteiger partial charge in [0.2, 0.25) is 6.79 Å². The van der Waals surface area contributed by atoms with E-state index in [9.17, 15) is 0 Å². The standard InChI is InChI=1S/C10H8N2O2/c1-2-9-10(14-6-13-9)5-7(1)8-3-4-11-12-8/h1-5H,6H2,(H,11,12). The van der Waals surface area contributed by atoms with Crippen LogP contribution in [0.3, 0.4) is 0 Å². The van der Waals surface area contributed by atoms with Crippen molar-refractivity contribution in [1.82, 2.24) is 10.2 Å². The minimum absolute atomic E-state index is 0.305. The minimum Gasteiger partial charge on any atom is -0.454 e. The first kappa shape index (κ1) is 7.44. The van der Waals surface area contributed by atoms with Crippen LogP contribution in [-0.2, 0) is 0 Å². The lowest BCUT2D eigenvalue weighted by atomic mass is 10.1. The van der Waals surface area contributed by atoms with E-state index in [1.165, 1.54) is 0 Å². The Morgan fingerprint density at radius 2 is 2.07 bits per heavy atom. The van der Waals surface area contributed by atoms with Crippen molar-refractivity contribution in [3.63, 3.8) is 0 Å². The molecule has 0 amide bonds. The fourth-order valence-electron chi connectivity index (χ4n) is 1.48. The van der Waals surface area contributed by atoms with Gasteiger partial charge in [-0.25, -0.2) is 0 Å². The molecule has 1 aliphatic rings. The summed E-state index contributed by atoms with van der Waals surface area (Å²) in [6, 6.07) is 7.70. The number of ether oxygens (including phenoxy) is 2.